The van der Waals surface area contributed by atoms with Gasteiger partial charge in [-0.05, 0) is 30.3 Å². The van der Waals surface area contributed by atoms with Crippen molar-refractivity contribution in [1.29, 1.82) is 0 Å². The van der Waals surface area contributed by atoms with Gasteiger partial charge in [-0.2, -0.15) is 4.98 Å². The van der Waals surface area contributed by atoms with Gasteiger partial charge < -0.3 is 9.26 Å². The molecule has 0 spiro atoms. The molecular weight excluding hydrogens is 290 g/mol. The Labute approximate surface area is 125 Å². The van der Waals surface area contributed by atoms with Gasteiger partial charge in [-0.25, -0.2) is 8.78 Å². The maximum Gasteiger partial charge on any atom is 0.223 e. The molecule has 0 N–H and O–H groups in total. The van der Waals surface area contributed by atoms with Gasteiger partial charge in [0, 0.05) is 18.1 Å². The lowest BCUT2D eigenvalue weighted by atomic mass is 10.2. The molecule has 3 aromatic rings. The van der Waals surface area contributed by atoms with Crippen molar-refractivity contribution >= 4 is 0 Å². The smallest absolute Gasteiger partial charge is 0.223 e. The summed E-state index contributed by atoms with van der Waals surface area (Å²) in [6, 6.07) is 10.9. The van der Waals surface area contributed by atoms with Crippen LogP contribution >= 0.6 is 0 Å². The highest BCUT2D eigenvalue weighted by atomic mass is 19.2. The third kappa shape index (κ3) is 2.95. The van der Waals surface area contributed by atoms with Crippen LogP contribution in [0.3, 0.4) is 0 Å². The van der Waals surface area contributed by atoms with E-state index in [2.05, 4.69) is 10.1 Å². The molecule has 112 valence electrons. The molecule has 0 bridgehead atoms. The molecule has 0 unspecified atom stereocenters. The van der Waals surface area contributed by atoms with E-state index >= 15 is 0 Å². The summed E-state index contributed by atoms with van der Waals surface area (Å²) in [6.45, 7) is 1.66. The molecule has 3 rings (SSSR count). The Hall–Kier alpha value is -2.76. The number of hydrogen-bond donors (Lipinski definition) is 0. The monoisotopic (exact) mass is 302 g/mol. The van der Waals surface area contributed by atoms with Gasteiger partial charge in [0.25, 0.3) is 0 Å². The molecule has 0 atom stereocenters. The molecule has 0 aliphatic rings. The summed E-state index contributed by atoms with van der Waals surface area (Å²) in [7, 11) is 0. The van der Waals surface area contributed by atoms with E-state index in [1.807, 2.05) is 0 Å². The zero-order valence-corrected chi connectivity index (χ0v) is 11.7. The normalized spacial score (nSPS) is 10.7. The minimum absolute atomic E-state index is 0.0513. The first-order valence-corrected chi connectivity index (χ1v) is 6.60. The lowest BCUT2D eigenvalue weighted by molar-refractivity contribution is 0.297. The van der Waals surface area contributed by atoms with Crippen molar-refractivity contribution in [2.75, 3.05) is 0 Å². The van der Waals surface area contributed by atoms with Crippen LogP contribution in [0.15, 0.2) is 47.0 Å². The third-order valence-corrected chi connectivity index (χ3v) is 3.07. The molecule has 0 radical (unpaired) electrons. The number of halogens is 2. The maximum absolute atomic E-state index is 13.5. The van der Waals surface area contributed by atoms with E-state index in [4.69, 9.17) is 9.26 Å². The molecule has 6 heteroatoms. The summed E-state index contributed by atoms with van der Waals surface area (Å²) in [4.78, 5) is 4.12. The fourth-order valence-electron chi connectivity index (χ4n) is 1.94. The summed E-state index contributed by atoms with van der Waals surface area (Å²) < 4.78 is 37.0. The predicted molar refractivity (Wildman–Crippen MR) is 75.2 cm³/mol. The Morgan fingerprint density at radius 2 is 1.86 bits per heavy atom. The number of rotatable bonds is 4. The first kappa shape index (κ1) is 14.2. The van der Waals surface area contributed by atoms with Crippen LogP contribution in [0.5, 0.6) is 5.75 Å². The first-order valence-electron chi connectivity index (χ1n) is 6.60. The second kappa shape index (κ2) is 5.93. The van der Waals surface area contributed by atoms with Crippen molar-refractivity contribution < 1.29 is 18.0 Å². The van der Waals surface area contributed by atoms with Crippen LogP contribution in [0.1, 0.15) is 11.5 Å². The Balaban J connectivity index is 1.70. The van der Waals surface area contributed by atoms with Gasteiger partial charge in [0.05, 0.1) is 0 Å². The summed E-state index contributed by atoms with van der Waals surface area (Å²) >= 11 is 0. The van der Waals surface area contributed by atoms with Gasteiger partial charge in [-0.1, -0.05) is 17.3 Å². The Bertz CT molecular complexity index is 785. The topological polar surface area (TPSA) is 48.2 Å². The number of aromatic nitrogens is 2. The fraction of sp³-hybridized carbons (Fsp3) is 0.125. The molecule has 0 aliphatic heterocycles. The third-order valence-electron chi connectivity index (χ3n) is 3.07. The van der Waals surface area contributed by atoms with Crippen LogP contribution in [0.25, 0.3) is 11.4 Å². The second-order valence-corrected chi connectivity index (χ2v) is 4.66. The van der Waals surface area contributed by atoms with Crippen molar-refractivity contribution in [3.8, 4) is 17.1 Å². The number of nitrogens with zero attached hydrogens (tertiary/aromatic N) is 2. The van der Waals surface area contributed by atoms with Crippen LogP contribution < -0.4 is 4.74 Å². The molecule has 22 heavy (non-hydrogen) atoms. The van der Waals surface area contributed by atoms with Gasteiger partial charge in [0.1, 0.15) is 12.4 Å². The minimum Gasteiger partial charge on any atom is -0.489 e. The molecule has 2 aromatic carbocycles. The number of benzene rings is 2. The molecular formula is C16H12F2N2O2. The standard InChI is InChI=1S/C16H12F2N2O2/c1-10-19-16(20-22-10)11-5-7-13(8-6-11)21-9-12-3-2-4-14(17)15(12)18/h2-8H,9H2,1H3. The molecule has 4 nitrogen and oxygen atoms in total. The van der Waals surface area contributed by atoms with E-state index in [-0.39, 0.29) is 12.2 Å². The van der Waals surface area contributed by atoms with E-state index in [9.17, 15) is 8.78 Å². The van der Waals surface area contributed by atoms with Gasteiger partial charge >= 0.3 is 0 Å². The highest BCUT2D eigenvalue weighted by Gasteiger charge is 2.09. The maximum atomic E-state index is 13.5. The summed E-state index contributed by atoms with van der Waals surface area (Å²) in [5, 5.41) is 3.81. The lowest BCUT2D eigenvalue weighted by Gasteiger charge is -2.07. The van der Waals surface area contributed by atoms with E-state index in [1.54, 1.807) is 31.2 Å². The van der Waals surface area contributed by atoms with E-state index in [0.29, 0.717) is 17.5 Å². The molecule has 0 aliphatic carbocycles. The van der Waals surface area contributed by atoms with Gasteiger partial charge in [-0.15, -0.1) is 0 Å². The molecule has 0 amide bonds. The number of ether oxygens (including phenoxy) is 1. The molecule has 0 saturated heterocycles. The average molecular weight is 302 g/mol. The SMILES string of the molecule is Cc1nc(-c2ccc(OCc3cccc(F)c3F)cc2)no1. The molecule has 1 heterocycles. The van der Waals surface area contributed by atoms with E-state index in [1.165, 1.54) is 12.1 Å². The van der Waals surface area contributed by atoms with Crippen LogP contribution in [0.4, 0.5) is 8.78 Å². The second-order valence-electron chi connectivity index (χ2n) is 4.66. The van der Waals surface area contributed by atoms with E-state index in [0.717, 1.165) is 11.6 Å². The summed E-state index contributed by atoms with van der Waals surface area (Å²) in [5.74, 6) is -0.268. The predicted octanol–water partition coefficient (Wildman–Crippen LogP) is 3.90. The fourth-order valence-corrected chi connectivity index (χ4v) is 1.94. The largest absolute Gasteiger partial charge is 0.489 e. The summed E-state index contributed by atoms with van der Waals surface area (Å²) in [6.07, 6.45) is 0. The Kier molecular flexibility index (Phi) is 3.82. The minimum atomic E-state index is -0.888. The number of aryl methyl sites for hydroxylation is 1. The highest BCUT2D eigenvalue weighted by Crippen LogP contribution is 2.21. The molecule has 0 fully saturated rings. The van der Waals surface area contributed by atoms with Crippen molar-refractivity contribution in [1.82, 2.24) is 10.1 Å². The lowest BCUT2D eigenvalue weighted by Crippen LogP contribution is -2.00. The van der Waals surface area contributed by atoms with Gasteiger partial charge in [0.2, 0.25) is 11.7 Å². The van der Waals surface area contributed by atoms with Crippen molar-refractivity contribution in [2.24, 2.45) is 0 Å². The molecule has 0 saturated carbocycles. The van der Waals surface area contributed by atoms with Crippen molar-refractivity contribution in [3.05, 3.63) is 65.6 Å². The quantitative estimate of drug-likeness (QED) is 0.733. The van der Waals surface area contributed by atoms with Crippen LogP contribution in [0.2, 0.25) is 0 Å². The van der Waals surface area contributed by atoms with Gasteiger partial charge in [0.15, 0.2) is 11.6 Å². The highest BCUT2D eigenvalue weighted by molar-refractivity contribution is 5.55. The average Bonchev–Trinajstić information content (AvgIpc) is 2.96. The van der Waals surface area contributed by atoms with Crippen LogP contribution in [-0.4, -0.2) is 10.1 Å². The van der Waals surface area contributed by atoms with Crippen LogP contribution in [-0.2, 0) is 6.61 Å². The number of hydrogen-bond acceptors (Lipinski definition) is 4. The summed E-state index contributed by atoms with van der Waals surface area (Å²) in [5.41, 5.74) is 0.944. The first-order chi connectivity index (χ1) is 10.6. The van der Waals surface area contributed by atoms with Crippen molar-refractivity contribution in [3.63, 3.8) is 0 Å². The van der Waals surface area contributed by atoms with Gasteiger partial charge in [-0.3, -0.25) is 0 Å². The molecule has 1 aromatic heterocycles. The zero-order valence-electron chi connectivity index (χ0n) is 11.7. The van der Waals surface area contributed by atoms with E-state index < -0.39 is 11.6 Å². The van der Waals surface area contributed by atoms with Crippen LogP contribution in [0, 0.1) is 18.6 Å². The zero-order chi connectivity index (χ0) is 15.5. The van der Waals surface area contributed by atoms with Crippen molar-refractivity contribution in [2.45, 2.75) is 13.5 Å². The Morgan fingerprint density at radius 3 is 2.55 bits per heavy atom. The Morgan fingerprint density at radius 1 is 1.09 bits per heavy atom.